The van der Waals surface area contributed by atoms with Gasteiger partial charge in [0, 0.05) is 19.6 Å². The number of rotatable bonds is 7. The lowest BCUT2D eigenvalue weighted by molar-refractivity contribution is 0.315. The second kappa shape index (κ2) is 7.08. The predicted molar refractivity (Wildman–Crippen MR) is 89.8 cm³/mol. The maximum atomic E-state index is 13.0. The number of hydrogen-bond acceptors (Lipinski definition) is 6. The van der Waals surface area contributed by atoms with E-state index in [4.69, 9.17) is 5.73 Å². The van der Waals surface area contributed by atoms with E-state index in [2.05, 4.69) is 14.9 Å². The highest BCUT2D eigenvalue weighted by Crippen LogP contribution is 2.23. The minimum absolute atomic E-state index is 0.0859. The third-order valence-corrected chi connectivity index (χ3v) is 5.67. The summed E-state index contributed by atoms with van der Waals surface area (Å²) < 4.78 is 32.1. The molecule has 0 spiro atoms. The molecular weight excluding hydrogens is 328 g/mol. The smallest absolute Gasteiger partial charge is 0.245 e. The number of nitrogens with zero attached hydrogens (tertiary/aromatic N) is 3. The highest BCUT2D eigenvalue weighted by Gasteiger charge is 2.27. The first-order valence-corrected chi connectivity index (χ1v) is 9.02. The van der Waals surface area contributed by atoms with Crippen LogP contribution in [-0.2, 0) is 16.4 Å². The number of nitrogens with two attached hydrogens (primary N) is 1. The van der Waals surface area contributed by atoms with Crippen LogP contribution in [0.5, 0.6) is 0 Å². The molecule has 0 aliphatic carbocycles. The van der Waals surface area contributed by atoms with Crippen molar-refractivity contribution in [1.29, 1.82) is 0 Å². The molecule has 7 nitrogen and oxygen atoms in total. The minimum Gasteiger partial charge on any atom is -0.329 e. The first-order valence-electron chi connectivity index (χ1n) is 7.58. The van der Waals surface area contributed by atoms with Crippen molar-refractivity contribution in [1.82, 2.24) is 14.6 Å². The summed E-state index contributed by atoms with van der Waals surface area (Å²) in [6, 6.07) is 14.5. The number of hydrogen-bond donors (Lipinski definition) is 1. The van der Waals surface area contributed by atoms with E-state index in [1.54, 1.807) is 12.1 Å². The van der Waals surface area contributed by atoms with E-state index >= 15 is 0 Å². The van der Waals surface area contributed by atoms with Crippen LogP contribution in [0.2, 0.25) is 0 Å². The van der Waals surface area contributed by atoms with Crippen molar-refractivity contribution in [3.63, 3.8) is 0 Å². The van der Waals surface area contributed by atoms with Crippen LogP contribution < -0.4 is 5.73 Å². The molecule has 0 radical (unpaired) electrons. The van der Waals surface area contributed by atoms with Crippen LogP contribution in [-0.4, -0.2) is 42.7 Å². The van der Waals surface area contributed by atoms with Gasteiger partial charge in [-0.3, -0.25) is 0 Å². The van der Waals surface area contributed by atoms with Crippen molar-refractivity contribution >= 4 is 21.1 Å². The van der Waals surface area contributed by atoms with E-state index in [0.717, 1.165) is 5.56 Å². The highest BCUT2D eigenvalue weighted by atomic mass is 32.2. The summed E-state index contributed by atoms with van der Waals surface area (Å²) in [5.74, 6) is 0. The van der Waals surface area contributed by atoms with Crippen LogP contribution in [0.15, 0.2) is 58.1 Å². The van der Waals surface area contributed by atoms with E-state index in [1.165, 1.54) is 10.4 Å². The molecule has 126 valence electrons. The molecule has 0 unspecified atom stereocenters. The fourth-order valence-corrected chi connectivity index (χ4v) is 4.12. The lowest BCUT2D eigenvalue weighted by atomic mass is 10.1. The molecule has 0 bridgehead atoms. The Kier molecular flexibility index (Phi) is 4.89. The molecule has 0 atom stereocenters. The van der Waals surface area contributed by atoms with Gasteiger partial charge in [-0.05, 0) is 34.4 Å². The Labute approximate surface area is 140 Å². The number of sulfonamides is 1. The molecule has 1 heterocycles. The Balaban J connectivity index is 1.90. The largest absolute Gasteiger partial charge is 0.329 e. The first-order chi connectivity index (χ1) is 11.6. The van der Waals surface area contributed by atoms with Gasteiger partial charge in [0.15, 0.2) is 5.52 Å². The fraction of sp³-hybridized carbons (Fsp3) is 0.250. The van der Waals surface area contributed by atoms with Crippen LogP contribution in [0.3, 0.4) is 0 Å². The summed E-state index contributed by atoms with van der Waals surface area (Å²) in [5.41, 5.74) is 7.32. The van der Waals surface area contributed by atoms with Gasteiger partial charge in [0.05, 0.1) is 0 Å². The van der Waals surface area contributed by atoms with Crippen molar-refractivity contribution < 1.29 is 13.0 Å². The van der Waals surface area contributed by atoms with Gasteiger partial charge in [0.1, 0.15) is 10.4 Å². The molecule has 0 aliphatic heterocycles. The highest BCUT2D eigenvalue weighted by molar-refractivity contribution is 7.89. The van der Waals surface area contributed by atoms with Gasteiger partial charge in [-0.25, -0.2) is 13.0 Å². The lowest BCUT2D eigenvalue weighted by Gasteiger charge is -2.21. The zero-order valence-corrected chi connectivity index (χ0v) is 13.8. The Bertz CT molecular complexity index is 909. The van der Waals surface area contributed by atoms with Crippen LogP contribution in [0.4, 0.5) is 0 Å². The van der Waals surface area contributed by atoms with Gasteiger partial charge < -0.3 is 5.73 Å². The summed E-state index contributed by atoms with van der Waals surface area (Å²) in [5, 5.41) is 7.42. The molecule has 2 N–H and O–H groups in total. The van der Waals surface area contributed by atoms with Crippen LogP contribution in [0.1, 0.15) is 5.56 Å². The zero-order valence-electron chi connectivity index (χ0n) is 13.0. The van der Waals surface area contributed by atoms with E-state index < -0.39 is 10.0 Å². The first kappa shape index (κ1) is 16.6. The minimum atomic E-state index is -3.74. The molecule has 24 heavy (non-hydrogen) atoms. The van der Waals surface area contributed by atoms with Crippen LogP contribution in [0, 0.1) is 0 Å². The Morgan fingerprint density at radius 2 is 1.79 bits per heavy atom. The van der Waals surface area contributed by atoms with Gasteiger partial charge in [-0.2, -0.15) is 4.31 Å². The number of fused-ring (bicyclic) bond motifs is 1. The molecule has 3 aromatic rings. The van der Waals surface area contributed by atoms with E-state index in [-0.39, 0.29) is 23.5 Å². The topological polar surface area (TPSA) is 102 Å². The van der Waals surface area contributed by atoms with Crippen molar-refractivity contribution in [2.45, 2.75) is 11.3 Å². The molecule has 8 heteroatoms. The molecule has 0 saturated heterocycles. The zero-order chi connectivity index (χ0) is 17.0. The normalized spacial score (nSPS) is 12.1. The molecule has 0 amide bonds. The standard InChI is InChI=1S/C16H18N4O3S/c17-10-12-20(11-9-13-5-2-1-3-6-13)24(21,22)15-8-4-7-14-16(15)19-23-18-14/h1-8H,9-12,17H2. The van der Waals surface area contributed by atoms with Gasteiger partial charge in [-0.1, -0.05) is 36.4 Å². The van der Waals surface area contributed by atoms with Crippen LogP contribution >= 0.6 is 0 Å². The van der Waals surface area contributed by atoms with Gasteiger partial charge >= 0.3 is 0 Å². The maximum absolute atomic E-state index is 13.0. The fourth-order valence-electron chi connectivity index (χ4n) is 2.52. The van der Waals surface area contributed by atoms with Gasteiger partial charge in [0.2, 0.25) is 10.0 Å². The molecule has 0 saturated carbocycles. The molecule has 0 fully saturated rings. The van der Waals surface area contributed by atoms with E-state index in [9.17, 15) is 8.42 Å². The maximum Gasteiger partial charge on any atom is 0.245 e. The summed E-state index contributed by atoms with van der Waals surface area (Å²) in [4.78, 5) is 0.0859. The summed E-state index contributed by atoms with van der Waals surface area (Å²) in [6.45, 7) is 0.809. The predicted octanol–water partition coefficient (Wildman–Crippen LogP) is 1.41. The van der Waals surface area contributed by atoms with Gasteiger partial charge in [0.25, 0.3) is 0 Å². The number of benzene rings is 2. The molecule has 3 rings (SSSR count). The van der Waals surface area contributed by atoms with Crippen molar-refractivity contribution in [2.75, 3.05) is 19.6 Å². The molecule has 1 aromatic heterocycles. The summed E-state index contributed by atoms with van der Waals surface area (Å²) in [7, 11) is -3.74. The summed E-state index contributed by atoms with van der Waals surface area (Å²) in [6.07, 6.45) is 0.604. The summed E-state index contributed by atoms with van der Waals surface area (Å²) >= 11 is 0. The average Bonchev–Trinajstić information content (AvgIpc) is 3.07. The third-order valence-electron chi connectivity index (χ3n) is 3.74. The average molecular weight is 346 g/mol. The van der Waals surface area contributed by atoms with Crippen molar-refractivity contribution in [3.05, 3.63) is 54.1 Å². The quantitative estimate of drug-likeness (QED) is 0.694. The molecule has 2 aromatic carbocycles. The Hall–Kier alpha value is -2.29. The molecule has 0 aliphatic rings. The lowest BCUT2D eigenvalue weighted by Crippen LogP contribution is -2.37. The number of aromatic nitrogens is 2. The Morgan fingerprint density at radius 1 is 1.00 bits per heavy atom. The Morgan fingerprint density at radius 3 is 2.54 bits per heavy atom. The third kappa shape index (κ3) is 3.30. The van der Waals surface area contributed by atoms with E-state index in [1.807, 2.05) is 30.3 Å². The van der Waals surface area contributed by atoms with Crippen molar-refractivity contribution in [3.8, 4) is 0 Å². The molecular formula is C16H18N4O3S. The SMILES string of the molecule is NCCN(CCc1ccccc1)S(=O)(=O)c1cccc2nonc12. The van der Waals surface area contributed by atoms with Crippen LogP contribution in [0.25, 0.3) is 11.0 Å². The van der Waals surface area contributed by atoms with E-state index in [0.29, 0.717) is 18.5 Å². The van der Waals surface area contributed by atoms with Crippen molar-refractivity contribution in [2.24, 2.45) is 5.73 Å². The second-order valence-electron chi connectivity index (χ2n) is 5.32. The second-order valence-corrected chi connectivity index (χ2v) is 7.22. The van der Waals surface area contributed by atoms with Gasteiger partial charge in [-0.15, -0.1) is 0 Å². The monoisotopic (exact) mass is 346 g/mol.